The maximum Gasteiger partial charge on any atom is 0.243 e. The zero-order valence-corrected chi connectivity index (χ0v) is 17.6. The zero-order chi connectivity index (χ0) is 20.9. The zero-order valence-electron chi connectivity index (χ0n) is 17.6. The molecule has 30 heavy (non-hydrogen) atoms. The first-order chi connectivity index (χ1) is 14.6. The second-order valence-corrected chi connectivity index (χ2v) is 8.50. The van der Waals surface area contributed by atoms with Crippen LogP contribution in [0.2, 0.25) is 0 Å². The standard InChI is InChI=1S/C25H31N3O2/c1-18-11-13-19(14-12-18)17-22(20-7-3-2-4-8-20)27-24(29)23-10-6-16-28(23)25(30)21-9-5-15-26-21/h2-4,7-8,11-14,21-23,26H,5-6,9-10,15-17H2,1H3,(H,27,29)/t21-,22?,23+/m1/s1. The van der Waals surface area contributed by atoms with E-state index < -0.39 is 0 Å². The minimum absolute atomic E-state index is 0.0418. The van der Waals surface area contributed by atoms with Crippen LogP contribution in [0.1, 0.15) is 48.4 Å². The van der Waals surface area contributed by atoms with Gasteiger partial charge in [-0.2, -0.15) is 0 Å². The summed E-state index contributed by atoms with van der Waals surface area (Å²) in [6.45, 7) is 3.63. The molecule has 0 bridgehead atoms. The van der Waals surface area contributed by atoms with Crippen LogP contribution in [0.15, 0.2) is 54.6 Å². The number of nitrogens with zero attached hydrogens (tertiary/aromatic N) is 1. The van der Waals surface area contributed by atoms with Gasteiger partial charge in [0.05, 0.1) is 12.1 Å². The van der Waals surface area contributed by atoms with Gasteiger partial charge >= 0.3 is 0 Å². The van der Waals surface area contributed by atoms with E-state index in [-0.39, 0.29) is 29.9 Å². The largest absolute Gasteiger partial charge is 0.347 e. The van der Waals surface area contributed by atoms with E-state index in [0.29, 0.717) is 6.54 Å². The molecule has 0 spiro atoms. The van der Waals surface area contributed by atoms with E-state index in [1.54, 1.807) is 4.90 Å². The summed E-state index contributed by atoms with van der Waals surface area (Å²) in [7, 11) is 0. The van der Waals surface area contributed by atoms with Crippen LogP contribution < -0.4 is 10.6 Å². The number of carbonyl (C=O) groups excluding carboxylic acids is 2. The molecule has 0 aliphatic carbocycles. The minimum atomic E-state index is -0.371. The molecule has 2 fully saturated rings. The van der Waals surface area contributed by atoms with Gasteiger partial charge in [-0.3, -0.25) is 9.59 Å². The smallest absolute Gasteiger partial charge is 0.243 e. The summed E-state index contributed by atoms with van der Waals surface area (Å²) in [5, 5.41) is 6.53. The normalized spacial score (nSPS) is 22.1. The Hall–Kier alpha value is -2.66. The van der Waals surface area contributed by atoms with Crippen LogP contribution in [-0.2, 0) is 16.0 Å². The average Bonchev–Trinajstić information content (AvgIpc) is 3.47. The van der Waals surface area contributed by atoms with Crippen LogP contribution in [-0.4, -0.2) is 41.9 Å². The van der Waals surface area contributed by atoms with E-state index >= 15 is 0 Å². The third-order valence-electron chi connectivity index (χ3n) is 6.28. The number of amides is 2. The Morgan fingerprint density at radius 1 is 1.07 bits per heavy atom. The molecular formula is C25H31N3O2. The first-order valence-electron chi connectivity index (χ1n) is 11.1. The van der Waals surface area contributed by atoms with Gasteiger partial charge < -0.3 is 15.5 Å². The fourth-order valence-corrected chi connectivity index (χ4v) is 4.56. The minimum Gasteiger partial charge on any atom is -0.347 e. The molecule has 0 saturated carbocycles. The van der Waals surface area contributed by atoms with Gasteiger partial charge in [0.2, 0.25) is 11.8 Å². The summed E-state index contributed by atoms with van der Waals surface area (Å²) >= 11 is 0. The highest BCUT2D eigenvalue weighted by Gasteiger charge is 2.38. The van der Waals surface area contributed by atoms with Crippen molar-refractivity contribution in [2.45, 2.75) is 57.2 Å². The Labute approximate surface area is 178 Å². The van der Waals surface area contributed by atoms with Crippen LogP contribution in [0.25, 0.3) is 0 Å². The molecule has 2 saturated heterocycles. The van der Waals surface area contributed by atoms with Gasteiger partial charge in [0.25, 0.3) is 0 Å². The quantitative estimate of drug-likeness (QED) is 0.776. The lowest BCUT2D eigenvalue weighted by molar-refractivity contribution is -0.140. The Kier molecular flexibility index (Phi) is 6.48. The van der Waals surface area contributed by atoms with E-state index in [2.05, 4.69) is 54.0 Å². The maximum atomic E-state index is 13.3. The van der Waals surface area contributed by atoms with Gasteiger partial charge in [0, 0.05) is 6.54 Å². The predicted octanol–water partition coefficient (Wildman–Crippen LogP) is 3.14. The Balaban J connectivity index is 1.49. The molecule has 2 aliphatic rings. The molecule has 0 radical (unpaired) electrons. The molecule has 2 heterocycles. The Morgan fingerprint density at radius 3 is 2.53 bits per heavy atom. The number of carbonyl (C=O) groups is 2. The highest BCUT2D eigenvalue weighted by atomic mass is 16.2. The Morgan fingerprint density at radius 2 is 1.83 bits per heavy atom. The third kappa shape index (κ3) is 4.73. The van der Waals surface area contributed by atoms with Crippen LogP contribution in [0.3, 0.4) is 0 Å². The molecule has 2 aromatic carbocycles. The molecule has 4 rings (SSSR count). The highest BCUT2D eigenvalue weighted by Crippen LogP contribution is 2.24. The summed E-state index contributed by atoms with van der Waals surface area (Å²) in [5.74, 6) is 0.0414. The number of aryl methyl sites for hydroxylation is 1. The van der Waals surface area contributed by atoms with Gasteiger partial charge in [0.1, 0.15) is 6.04 Å². The highest BCUT2D eigenvalue weighted by molar-refractivity contribution is 5.90. The SMILES string of the molecule is Cc1ccc(CC(NC(=O)[C@@H]2CCCN2C(=O)[C@H]2CCCN2)c2ccccc2)cc1. The molecule has 2 aliphatic heterocycles. The van der Waals surface area contributed by atoms with E-state index in [0.717, 1.165) is 44.2 Å². The first-order valence-corrected chi connectivity index (χ1v) is 11.1. The van der Waals surface area contributed by atoms with E-state index in [1.165, 1.54) is 11.1 Å². The van der Waals surface area contributed by atoms with Crippen LogP contribution in [0.5, 0.6) is 0 Å². The van der Waals surface area contributed by atoms with Gasteiger partial charge in [-0.25, -0.2) is 0 Å². The fraction of sp³-hybridized carbons (Fsp3) is 0.440. The predicted molar refractivity (Wildman–Crippen MR) is 118 cm³/mol. The molecular weight excluding hydrogens is 374 g/mol. The number of rotatable bonds is 6. The summed E-state index contributed by atoms with van der Waals surface area (Å²) in [6, 6.07) is 17.9. The molecule has 1 unspecified atom stereocenters. The molecule has 2 amide bonds. The molecule has 3 atom stereocenters. The van der Waals surface area contributed by atoms with Crippen molar-refractivity contribution in [2.24, 2.45) is 0 Å². The average molecular weight is 406 g/mol. The number of hydrogen-bond donors (Lipinski definition) is 2. The van der Waals surface area contributed by atoms with E-state index in [9.17, 15) is 9.59 Å². The lowest BCUT2D eigenvalue weighted by atomic mass is 9.97. The van der Waals surface area contributed by atoms with Crippen molar-refractivity contribution in [3.05, 3.63) is 71.3 Å². The monoisotopic (exact) mass is 405 g/mol. The second kappa shape index (κ2) is 9.43. The molecule has 0 aromatic heterocycles. The molecule has 5 heteroatoms. The van der Waals surface area contributed by atoms with Crippen LogP contribution in [0, 0.1) is 6.92 Å². The summed E-state index contributed by atoms with van der Waals surface area (Å²) < 4.78 is 0. The summed E-state index contributed by atoms with van der Waals surface area (Å²) in [6.07, 6.45) is 4.22. The van der Waals surface area contributed by atoms with Gasteiger partial charge in [-0.1, -0.05) is 60.2 Å². The molecule has 2 aromatic rings. The Bertz CT molecular complexity index is 860. The number of benzene rings is 2. The lowest BCUT2D eigenvalue weighted by Gasteiger charge is -2.29. The van der Waals surface area contributed by atoms with Crippen molar-refractivity contribution in [2.75, 3.05) is 13.1 Å². The van der Waals surface area contributed by atoms with E-state index in [4.69, 9.17) is 0 Å². The van der Waals surface area contributed by atoms with Gasteiger partial charge in [-0.05, 0) is 56.7 Å². The second-order valence-electron chi connectivity index (χ2n) is 8.50. The van der Waals surface area contributed by atoms with Crippen molar-refractivity contribution in [3.8, 4) is 0 Å². The van der Waals surface area contributed by atoms with Crippen molar-refractivity contribution in [1.29, 1.82) is 0 Å². The molecule has 5 nitrogen and oxygen atoms in total. The lowest BCUT2D eigenvalue weighted by Crippen LogP contribution is -2.51. The van der Waals surface area contributed by atoms with Crippen molar-refractivity contribution in [3.63, 3.8) is 0 Å². The van der Waals surface area contributed by atoms with Crippen molar-refractivity contribution < 1.29 is 9.59 Å². The summed E-state index contributed by atoms with van der Waals surface area (Å²) in [4.78, 5) is 28.0. The van der Waals surface area contributed by atoms with Gasteiger partial charge in [0.15, 0.2) is 0 Å². The number of hydrogen-bond acceptors (Lipinski definition) is 3. The molecule has 158 valence electrons. The van der Waals surface area contributed by atoms with Crippen LogP contribution >= 0.6 is 0 Å². The summed E-state index contributed by atoms with van der Waals surface area (Å²) in [5.41, 5.74) is 3.49. The molecule has 2 N–H and O–H groups in total. The van der Waals surface area contributed by atoms with Gasteiger partial charge in [-0.15, -0.1) is 0 Å². The fourth-order valence-electron chi connectivity index (χ4n) is 4.56. The maximum absolute atomic E-state index is 13.3. The number of nitrogens with one attached hydrogen (secondary N) is 2. The first kappa shape index (κ1) is 20.6. The number of likely N-dealkylation sites (tertiary alicyclic amines) is 1. The van der Waals surface area contributed by atoms with Crippen LogP contribution in [0.4, 0.5) is 0 Å². The van der Waals surface area contributed by atoms with Crippen molar-refractivity contribution in [1.82, 2.24) is 15.5 Å². The van der Waals surface area contributed by atoms with E-state index in [1.807, 2.05) is 18.2 Å². The third-order valence-corrected chi connectivity index (χ3v) is 6.28. The topological polar surface area (TPSA) is 61.4 Å². The van der Waals surface area contributed by atoms with Crippen molar-refractivity contribution >= 4 is 11.8 Å².